The van der Waals surface area contributed by atoms with Crippen molar-refractivity contribution in [2.24, 2.45) is 5.92 Å². The van der Waals surface area contributed by atoms with E-state index in [1.165, 1.54) is 0 Å². The summed E-state index contributed by atoms with van der Waals surface area (Å²) in [5.74, 6) is -1.16. The third kappa shape index (κ3) is 4.66. The molecule has 1 N–H and O–H groups in total. The highest BCUT2D eigenvalue weighted by atomic mass is 79.9. The van der Waals surface area contributed by atoms with Crippen molar-refractivity contribution in [3.63, 3.8) is 0 Å². The molecule has 0 radical (unpaired) electrons. The third-order valence-corrected chi connectivity index (χ3v) is 3.32. The van der Waals surface area contributed by atoms with Crippen LogP contribution in [0.4, 0.5) is 0 Å². The van der Waals surface area contributed by atoms with E-state index in [1.807, 2.05) is 30.1 Å². The van der Waals surface area contributed by atoms with Crippen molar-refractivity contribution in [3.05, 3.63) is 33.3 Å². The SMILES string of the molecule is CC(CN(C)Cc1cc(Br)ccc1Cl)C(=O)O. The smallest absolute Gasteiger partial charge is 0.307 e. The Bertz CT molecular complexity index is 411. The molecule has 1 aromatic carbocycles. The van der Waals surface area contributed by atoms with Gasteiger partial charge in [0.25, 0.3) is 0 Å². The lowest BCUT2D eigenvalue weighted by Crippen LogP contribution is -2.28. The highest BCUT2D eigenvalue weighted by molar-refractivity contribution is 9.10. The molecule has 0 saturated heterocycles. The number of benzene rings is 1. The Balaban J connectivity index is 2.64. The summed E-state index contributed by atoms with van der Waals surface area (Å²) in [5.41, 5.74) is 0.987. The van der Waals surface area contributed by atoms with Gasteiger partial charge in [-0.3, -0.25) is 4.79 Å². The summed E-state index contributed by atoms with van der Waals surface area (Å²) >= 11 is 9.46. The number of hydrogen-bond donors (Lipinski definition) is 1. The van der Waals surface area contributed by atoms with Gasteiger partial charge in [-0.25, -0.2) is 0 Å². The fourth-order valence-corrected chi connectivity index (χ4v) is 2.15. The van der Waals surface area contributed by atoms with Crippen molar-refractivity contribution < 1.29 is 9.90 Å². The molecule has 1 aromatic rings. The number of carboxylic acid groups (broad SMARTS) is 1. The minimum absolute atomic E-state index is 0.383. The molecule has 3 nitrogen and oxygen atoms in total. The topological polar surface area (TPSA) is 40.5 Å². The first kappa shape index (κ1) is 14.5. The maximum Gasteiger partial charge on any atom is 0.307 e. The zero-order valence-electron chi connectivity index (χ0n) is 9.78. The van der Waals surface area contributed by atoms with E-state index >= 15 is 0 Å². The monoisotopic (exact) mass is 319 g/mol. The van der Waals surface area contributed by atoms with E-state index in [4.69, 9.17) is 16.7 Å². The van der Waals surface area contributed by atoms with E-state index < -0.39 is 5.97 Å². The van der Waals surface area contributed by atoms with Crippen LogP contribution in [0.25, 0.3) is 0 Å². The number of rotatable bonds is 5. The van der Waals surface area contributed by atoms with Gasteiger partial charge in [-0.2, -0.15) is 0 Å². The molecule has 0 aliphatic heterocycles. The molecule has 1 unspecified atom stereocenters. The van der Waals surface area contributed by atoms with Gasteiger partial charge in [-0.05, 0) is 30.8 Å². The Hall–Kier alpha value is -0.580. The molecule has 5 heteroatoms. The van der Waals surface area contributed by atoms with Crippen molar-refractivity contribution in [3.8, 4) is 0 Å². The molecule has 0 aromatic heterocycles. The molecule has 0 saturated carbocycles. The summed E-state index contributed by atoms with van der Waals surface area (Å²) in [6.07, 6.45) is 0. The lowest BCUT2D eigenvalue weighted by atomic mass is 10.1. The van der Waals surface area contributed by atoms with Crippen molar-refractivity contribution in [2.45, 2.75) is 13.5 Å². The lowest BCUT2D eigenvalue weighted by Gasteiger charge is -2.19. The quantitative estimate of drug-likeness (QED) is 0.905. The second-order valence-electron chi connectivity index (χ2n) is 4.17. The van der Waals surface area contributed by atoms with E-state index in [0.717, 1.165) is 10.0 Å². The Labute approximate surface area is 115 Å². The van der Waals surface area contributed by atoms with Crippen molar-refractivity contribution in [1.82, 2.24) is 4.90 Å². The van der Waals surface area contributed by atoms with Crippen LogP contribution in [0.5, 0.6) is 0 Å². The van der Waals surface area contributed by atoms with Gasteiger partial charge in [-0.15, -0.1) is 0 Å². The summed E-state index contributed by atoms with van der Waals surface area (Å²) < 4.78 is 0.969. The van der Waals surface area contributed by atoms with Gasteiger partial charge in [0.15, 0.2) is 0 Å². The van der Waals surface area contributed by atoms with Gasteiger partial charge in [0.05, 0.1) is 5.92 Å². The minimum Gasteiger partial charge on any atom is -0.481 e. The molecule has 0 aliphatic carbocycles. The van der Waals surface area contributed by atoms with Crippen LogP contribution in [-0.2, 0) is 11.3 Å². The number of carboxylic acids is 1. The molecule has 0 amide bonds. The predicted molar refractivity (Wildman–Crippen MR) is 72.3 cm³/mol. The van der Waals surface area contributed by atoms with Crippen molar-refractivity contribution in [2.75, 3.05) is 13.6 Å². The fraction of sp³-hybridized carbons (Fsp3) is 0.417. The summed E-state index contributed by atoms with van der Waals surface area (Å²) in [5, 5.41) is 9.53. The van der Waals surface area contributed by atoms with E-state index in [9.17, 15) is 4.79 Å². The van der Waals surface area contributed by atoms with Crippen LogP contribution >= 0.6 is 27.5 Å². The molecule has 1 atom stereocenters. The molecular weight excluding hydrogens is 305 g/mol. The zero-order chi connectivity index (χ0) is 13.0. The van der Waals surface area contributed by atoms with E-state index in [2.05, 4.69) is 15.9 Å². The van der Waals surface area contributed by atoms with Gasteiger partial charge >= 0.3 is 5.97 Å². The van der Waals surface area contributed by atoms with Gasteiger partial charge in [0.2, 0.25) is 0 Å². The summed E-state index contributed by atoms with van der Waals surface area (Å²) in [6, 6.07) is 5.66. The van der Waals surface area contributed by atoms with Crippen molar-refractivity contribution >= 4 is 33.5 Å². The Morgan fingerprint density at radius 1 is 1.59 bits per heavy atom. The van der Waals surface area contributed by atoms with Crippen LogP contribution in [0.1, 0.15) is 12.5 Å². The number of halogens is 2. The maximum atomic E-state index is 10.7. The Morgan fingerprint density at radius 3 is 2.82 bits per heavy atom. The van der Waals surface area contributed by atoms with E-state index in [0.29, 0.717) is 18.1 Å². The first-order valence-electron chi connectivity index (χ1n) is 5.25. The van der Waals surface area contributed by atoms with E-state index in [-0.39, 0.29) is 5.92 Å². The average Bonchev–Trinajstić information content (AvgIpc) is 2.23. The van der Waals surface area contributed by atoms with E-state index in [1.54, 1.807) is 6.92 Å². The number of hydrogen-bond acceptors (Lipinski definition) is 2. The summed E-state index contributed by atoms with van der Waals surface area (Å²) in [6.45, 7) is 2.83. The largest absolute Gasteiger partial charge is 0.481 e. The molecular formula is C12H15BrClNO2. The van der Waals surface area contributed by atoms with Gasteiger partial charge in [0, 0.05) is 22.6 Å². The number of nitrogens with zero attached hydrogens (tertiary/aromatic N) is 1. The average molecular weight is 321 g/mol. The van der Waals surface area contributed by atoms with Crippen LogP contribution in [0.15, 0.2) is 22.7 Å². The van der Waals surface area contributed by atoms with Gasteiger partial charge in [0.1, 0.15) is 0 Å². The van der Waals surface area contributed by atoms with Crippen LogP contribution in [0.3, 0.4) is 0 Å². The summed E-state index contributed by atoms with van der Waals surface area (Å²) in [7, 11) is 1.89. The number of aliphatic carboxylic acids is 1. The molecule has 0 fully saturated rings. The minimum atomic E-state index is -0.780. The Kier molecular flexibility index (Phi) is 5.43. The zero-order valence-corrected chi connectivity index (χ0v) is 12.1. The molecule has 94 valence electrons. The summed E-state index contributed by atoms with van der Waals surface area (Å²) in [4.78, 5) is 12.7. The molecule has 0 spiro atoms. The van der Waals surface area contributed by atoms with Crippen LogP contribution in [-0.4, -0.2) is 29.6 Å². The fourth-order valence-electron chi connectivity index (χ4n) is 1.57. The highest BCUT2D eigenvalue weighted by Gasteiger charge is 2.14. The van der Waals surface area contributed by atoms with Gasteiger partial charge < -0.3 is 10.0 Å². The predicted octanol–water partition coefficient (Wildman–Crippen LogP) is 3.26. The molecule has 0 heterocycles. The van der Waals surface area contributed by atoms with Crippen LogP contribution in [0.2, 0.25) is 5.02 Å². The third-order valence-electron chi connectivity index (χ3n) is 2.46. The Morgan fingerprint density at radius 2 is 2.24 bits per heavy atom. The van der Waals surface area contributed by atoms with Crippen molar-refractivity contribution in [1.29, 1.82) is 0 Å². The number of carbonyl (C=O) groups is 1. The second kappa shape index (κ2) is 6.38. The molecule has 1 rings (SSSR count). The van der Waals surface area contributed by atoms with Crippen LogP contribution in [0, 0.1) is 5.92 Å². The molecule has 0 aliphatic rings. The first-order valence-corrected chi connectivity index (χ1v) is 6.42. The van der Waals surface area contributed by atoms with Crippen LogP contribution < -0.4 is 0 Å². The second-order valence-corrected chi connectivity index (χ2v) is 5.49. The molecule has 17 heavy (non-hydrogen) atoms. The first-order chi connectivity index (χ1) is 7.90. The van der Waals surface area contributed by atoms with Gasteiger partial charge in [-0.1, -0.05) is 34.5 Å². The molecule has 0 bridgehead atoms. The lowest BCUT2D eigenvalue weighted by molar-refractivity contribution is -0.141. The highest BCUT2D eigenvalue weighted by Crippen LogP contribution is 2.22. The normalized spacial score (nSPS) is 12.8. The maximum absolute atomic E-state index is 10.7. The standard InChI is InChI=1S/C12H15BrClNO2/c1-8(12(16)17)6-15(2)7-9-5-10(13)3-4-11(9)14/h3-5,8H,6-7H2,1-2H3,(H,16,17).